The van der Waals surface area contributed by atoms with Gasteiger partial charge in [-0.25, -0.2) is 0 Å². The number of sulfonamides is 1. The molecule has 19 heavy (non-hydrogen) atoms. The normalized spacial score (nSPS) is 16.1. The first-order valence-corrected chi connectivity index (χ1v) is 7.71. The average molecular weight is 299 g/mol. The fourth-order valence-electron chi connectivity index (χ4n) is 2.02. The Morgan fingerprint density at radius 1 is 1.47 bits per heavy atom. The third kappa shape index (κ3) is 2.40. The van der Waals surface area contributed by atoms with E-state index in [9.17, 15) is 8.42 Å². The van der Waals surface area contributed by atoms with Crippen molar-refractivity contribution < 1.29 is 8.42 Å². The second-order valence-corrected chi connectivity index (χ2v) is 6.52. The van der Waals surface area contributed by atoms with E-state index in [1.54, 1.807) is 18.2 Å². The lowest BCUT2D eigenvalue weighted by molar-refractivity contribution is 0.385. The quantitative estimate of drug-likeness (QED) is 0.806. The summed E-state index contributed by atoms with van der Waals surface area (Å²) in [4.78, 5) is 2.03. The molecule has 1 heterocycles. The van der Waals surface area contributed by atoms with E-state index in [0.29, 0.717) is 23.0 Å². The van der Waals surface area contributed by atoms with Crippen molar-refractivity contribution in [2.45, 2.75) is 24.8 Å². The van der Waals surface area contributed by atoms with Gasteiger partial charge in [0.15, 0.2) is 5.84 Å². The molecule has 0 aromatic heterocycles. The van der Waals surface area contributed by atoms with Gasteiger partial charge < -0.3 is 4.90 Å². The maximum absolute atomic E-state index is 12.0. The fraction of sp³-hybridized carbons (Fsp3) is 0.308. The van der Waals surface area contributed by atoms with Gasteiger partial charge in [0.1, 0.15) is 4.90 Å². The lowest BCUT2D eigenvalue weighted by Gasteiger charge is -2.27. The molecule has 0 radical (unpaired) electrons. The highest BCUT2D eigenvalue weighted by Crippen LogP contribution is 2.33. The van der Waals surface area contributed by atoms with Gasteiger partial charge in [-0.2, -0.15) is 8.42 Å². The number of nitrogens with zero attached hydrogens (tertiary/aromatic N) is 2. The number of halogens is 1. The van der Waals surface area contributed by atoms with Gasteiger partial charge in [0.25, 0.3) is 10.0 Å². The van der Waals surface area contributed by atoms with Crippen LogP contribution in [0.5, 0.6) is 0 Å². The Balaban J connectivity index is 2.64. The molecule has 0 amide bonds. The molecule has 1 aliphatic rings. The van der Waals surface area contributed by atoms with Gasteiger partial charge in [0, 0.05) is 12.6 Å². The molecule has 1 aromatic rings. The van der Waals surface area contributed by atoms with Crippen LogP contribution in [-0.4, -0.2) is 31.7 Å². The number of benzene rings is 1. The third-order valence-corrected chi connectivity index (χ3v) is 4.53. The van der Waals surface area contributed by atoms with Crippen molar-refractivity contribution in [1.82, 2.24) is 4.90 Å². The van der Waals surface area contributed by atoms with E-state index in [1.165, 1.54) is 6.07 Å². The Morgan fingerprint density at radius 2 is 2.16 bits per heavy atom. The minimum atomic E-state index is -3.65. The molecule has 0 unspecified atom stereocenters. The minimum absolute atomic E-state index is 0.0918. The highest BCUT2D eigenvalue weighted by atomic mass is 35.5. The van der Waals surface area contributed by atoms with Gasteiger partial charge in [0.2, 0.25) is 0 Å². The maximum Gasteiger partial charge on any atom is 0.285 e. The second kappa shape index (κ2) is 4.98. The van der Waals surface area contributed by atoms with E-state index in [2.05, 4.69) is 11.0 Å². The van der Waals surface area contributed by atoms with Gasteiger partial charge in [-0.1, -0.05) is 23.7 Å². The first-order valence-electron chi connectivity index (χ1n) is 5.90. The van der Waals surface area contributed by atoms with Gasteiger partial charge in [-0.3, -0.25) is 0 Å². The van der Waals surface area contributed by atoms with Crippen molar-refractivity contribution in [3.05, 3.63) is 41.4 Å². The summed E-state index contributed by atoms with van der Waals surface area (Å²) in [6, 6.07) is 4.90. The summed E-state index contributed by atoms with van der Waals surface area (Å²) in [5.41, 5.74) is 0.486. The standard InChI is InChI=1S/C13H15ClN2O2S/c1-4-8-16(9(2)3)13-12-10(14)6-5-7-11(12)19(17,18)15-13/h4-7,9H,1,8H2,2-3H3. The zero-order valence-corrected chi connectivity index (χ0v) is 12.4. The summed E-state index contributed by atoms with van der Waals surface area (Å²) in [7, 11) is -3.65. The lowest BCUT2D eigenvalue weighted by Crippen LogP contribution is -2.37. The van der Waals surface area contributed by atoms with Crippen LogP contribution in [0, 0.1) is 0 Å². The largest absolute Gasteiger partial charge is 0.349 e. The molecule has 0 atom stereocenters. The second-order valence-electron chi connectivity index (χ2n) is 4.54. The van der Waals surface area contributed by atoms with Crippen molar-refractivity contribution in [1.29, 1.82) is 0 Å². The number of hydrogen-bond acceptors (Lipinski definition) is 3. The highest BCUT2D eigenvalue weighted by molar-refractivity contribution is 7.90. The molecule has 0 aliphatic carbocycles. The van der Waals surface area contributed by atoms with E-state index in [1.807, 2.05) is 18.7 Å². The van der Waals surface area contributed by atoms with E-state index >= 15 is 0 Å². The molecule has 4 nitrogen and oxygen atoms in total. The number of amidine groups is 1. The van der Waals surface area contributed by atoms with Crippen molar-refractivity contribution >= 4 is 27.5 Å². The lowest BCUT2D eigenvalue weighted by atomic mass is 10.1. The van der Waals surface area contributed by atoms with E-state index in [0.717, 1.165) is 0 Å². The molecule has 0 N–H and O–H groups in total. The van der Waals surface area contributed by atoms with Gasteiger partial charge in [-0.05, 0) is 26.0 Å². The predicted molar refractivity (Wildman–Crippen MR) is 77.2 cm³/mol. The molecular weight excluding hydrogens is 284 g/mol. The SMILES string of the molecule is C=CCN(C1=NS(=O)(=O)c2cccc(Cl)c21)C(C)C. The van der Waals surface area contributed by atoms with Crippen LogP contribution >= 0.6 is 11.6 Å². The van der Waals surface area contributed by atoms with Crippen molar-refractivity contribution in [2.24, 2.45) is 4.40 Å². The van der Waals surface area contributed by atoms with Gasteiger partial charge in [-0.15, -0.1) is 11.0 Å². The van der Waals surface area contributed by atoms with Crippen LogP contribution in [0.1, 0.15) is 19.4 Å². The summed E-state index contributed by atoms with van der Waals surface area (Å²) < 4.78 is 28.0. The summed E-state index contributed by atoms with van der Waals surface area (Å²) >= 11 is 6.14. The molecule has 2 rings (SSSR count). The Kier molecular flexibility index (Phi) is 3.69. The third-order valence-electron chi connectivity index (χ3n) is 2.90. The number of rotatable bonds is 3. The molecule has 1 aliphatic heterocycles. The van der Waals surface area contributed by atoms with Crippen LogP contribution in [0.15, 0.2) is 40.1 Å². The first kappa shape index (κ1) is 14.1. The molecule has 6 heteroatoms. The van der Waals surface area contributed by atoms with Crippen molar-refractivity contribution in [3.8, 4) is 0 Å². The molecular formula is C13H15ClN2O2S. The summed E-state index contributed by atoms with van der Waals surface area (Å²) in [5.74, 6) is 0.399. The van der Waals surface area contributed by atoms with Crippen molar-refractivity contribution in [3.63, 3.8) is 0 Å². The molecule has 0 saturated carbocycles. The average Bonchev–Trinajstić information content (AvgIpc) is 2.59. The zero-order chi connectivity index (χ0) is 14.2. The summed E-state index contributed by atoms with van der Waals surface area (Å²) in [6.45, 7) is 8.13. The van der Waals surface area contributed by atoms with Crippen LogP contribution in [0.2, 0.25) is 5.02 Å². The van der Waals surface area contributed by atoms with Crippen LogP contribution in [0.4, 0.5) is 0 Å². The zero-order valence-electron chi connectivity index (χ0n) is 10.8. The minimum Gasteiger partial charge on any atom is -0.349 e. The molecule has 0 saturated heterocycles. The monoisotopic (exact) mass is 298 g/mol. The van der Waals surface area contributed by atoms with Crippen LogP contribution in [-0.2, 0) is 10.0 Å². The molecule has 102 valence electrons. The van der Waals surface area contributed by atoms with Gasteiger partial charge >= 0.3 is 0 Å². The number of hydrogen-bond donors (Lipinski definition) is 0. The van der Waals surface area contributed by atoms with Crippen LogP contribution in [0.25, 0.3) is 0 Å². The predicted octanol–water partition coefficient (Wildman–Crippen LogP) is 2.69. The maximum atomic E-state index is 12.0. The highest BCUT2D eigenvalue weighted by Gasteiger charge is 2.34. The van der Waals surface area contributed by atoms with E-state index < -0.39 is 10.0 Å². The number of fused-ring (bicyclic) bond motifs is 1. The Hall–Kier alpha value is -1.33. The Bertz CT molecular complexity index is 651. The topological polar surface area (TPSA) is 49.7 Å². The fourth-order valence-corrected chi connectivity index (χ4v) is 3.57. The Labute approximate surface area is 118 Å². The first-order chi connectivity index (χ1) is 8.88. The van der Waals surface area contributed by atoms with Crippen LogP contribution in [0.3, 0.4) is 0 Å². The summed E-state index contributed by atoms with van der Waals surface area (Å²) in [5, 5.41) is 0.395. The van der Waals surface area contributed by atoms with E-state index in [4.69, 9.17) is 11.6 Å². The van der Waals surface area contributed by atoms with E-state index in [-0.39, 0.29) is 10.9 Å². The molecule has 0 spiro atoms. The van der Waals surface area contributed by atoms with Crippen LogP contribution < -0.4 is 0 Å². The smallest absolute Gasteiger partial charge is 0.285 e. The Morgan fingerprint density at radius 3 is 2.74 bits per heavy atom. The van der Waals surface area contributed by atoms with Gasteiger partial charge in [0.05, 0.1) is 10.6 Å². The van der Waals surface area contributed by atoms with Crippen molar-refractivity contribution in [2.75, 3.05) is 6.54 Å². The molecule has 0 bridgehead atoms. The summed E-state index contributed by atoms with van der Waals surface area (Å²) in [6.07, 6.45) is 1.71. The molecule has 1 aromatic carbocycles. The molecule has 0 fully saturated rings.